The summed E-state index contributed by atoms with van der Waals surface area (Å²) in [7, 11) is 0. The molecule has 0 saturated carbocycles. The number of hydrogen-bond donors (Lipinski definition) is 3. The Bertz CT molecular complexity index is 551. The Morgan fingerprint density at radius 1 is 1.42 bits per heavy atom. The second-order valence-electron chi connectivity index (χ2n) is 3.67. The fourth-order valence-electron chi connectivity index (χ4n) is 1.33. The molecule has 0 bridgehead atoms. The minimum Gasteiger partial charge on any atom is -0.350 e. The Balaban J connectivity index is 1.83. The summed E-state index contributed by atoms with van der Waals surface area (Å²) in [6.07, 6.45) is 3.17. The van der Waals surface area contributed by atoms with E-state index < -0.39 is 0 Å². The number of nitrogens with two attached hydrogens (primary N) is 1. The first-order valence-electron chi connectivity index (χ1n) is 5.55. The van der Waals surface area contributed by atoms with Crippen LogP contribution in [0, 0.1) is 6.92 Å². The lowest BCUT2D eigenvalue weighted by molar-refractivity contribution is 0.0948. The van der Waals surface area contributed by atoms with Crippen LogP contribution in [0.25, 0.3) is 0 Å². The zero-order valence-electron chi connectivity index (χ0n) is 10.3. The van der Waals surface area contributed by atoms with Crippen molar-refractivity contribution >= 4 is 11.7 Å². The summed E-state index contributed by atoms with van der Waals surface area (Å²) in [5.74, 6) is 6.25. The van der Waals surface area contributed by atoms with Gasteiger partial charge < -0.3 is 15.3 Å². The van der Waals surface area contributed by atoms with Crippen molar-refractivity contribution in [3.05, 3.63) is 29.8 Å². The summed E-state index contributed by atoms with van der Waals surface area (Å²) >= 11 is 0. The molecule has 2 rings (SSSR count). The minimum absolute atomic E-state index is 0.209. The van der Waals surface area contributed by atoms with Crippen molar-refractivity contribution in [2.24, 2.45) is 5.84 Å². The Labute approximate surface area is 108 Å². The zero-order valence-corrected chi connectivity index (χ0v) is 10.3. The standard InChI is InChI=1S/C10H13N7O2/c1-6-15-9(19-17-6)2-3-12-10(18)7-4-14-8(16-11)5-13-7/h4-5H,2-3,11H2,1H3,(H,12,18)(H,14,16). The monoisotopic (exact) mass is 263 g/mol. The van der Waals surface area contributed by atoms with Crippen LogP contribution in [0.4, 0.5) is 5.82 Å². The average molecular weight is 263 g/mol. The number of rotatable bonds is 5. The van der Waals surface area contributed by atoms with Crippen LogP contribution in [0.1, 0.15) is 22.2 Å². The average Bonchev–Trinajstić information content (AvgIpc) is 2.84. The Morgan fingerprint density at radius 2 is 2.26 bits per heavy atom. The van der Waals surface area contributed by atoms with Gasteiger partial charge in [0.1, 0.15) is 5.69 Å². The molecule has 2 aromatic rings. The van der Waals surface area contributed by atoms with E-state index in [1.165, 1.54) is 12.4 Å². The van der Waals surface area contributed by atoms with Gasteiger partial charge in [-0.25, -0.2) is 15.8 Å². The van der Waals surface area contributed by atoms with Crippen molar-refractivity contribution in [1.82, 2.24) is 25.4 Å². The van der Waals surface area contributed by atoms with E-state index in [1.807, 2.05) is 0 Å². The maximum atomic E-state index is 11.7. The molecule has 0 fully saturated rings. The molecule has 0 atom stereocenters. The molecule has 9 nitrogen and oxygen atoms in total. The lowest BCUT2D eigenvalue weighted by atomic mass is 10.3. The lowest BCUT2D eigenvalue weighted by Gasteiger charge is -2.03. The smallest absolute Gasteiger partial charge is 0.271 e. The highest BCUT2D eigenvalue weighted by molar-refractivity contribution is 5.91. The topological polar surface area (TPSA) is 132 Å². The molecule has 0 spiro atoms. The van der Waals surface area contributed by atoms with Crippen molar-refractivity contribution in [1.29, 1.82) is 0 Å². The highest BCUT2D eigenvalue weighted by Crippen LogP contribution is 1.99. The Morgan fingerprint density at radius 3 is 2.84 bits per heavy atom. The first-order valence-corrected chi connectivity index (χ1v) is 5.55. The van der Waals surface area contributed by atoms with Crippen LogP contribution >= 0.6 is 0 Å². The first-order chi connectivity index (χ1) is 9.19. The van der Waals surface area contributed by atoms with Crippen LogP contribution in [0.2, 0.25) is 0 Å². The second kappa shape index (κ2) is 5.87. The van der Waals surface area contributed by atoms with Crippen molar-refractivity contribution in [3.63, 3.8) is 0 Å². The van der Waals surface area contributed by atoms with E-state index in [0.29, 0.717) is 30.5 Å². The van der Waals surface area contributed by atoms with Crippen molar-refractivity contribution in [3.8, 4) is 0 Å². The molecular weight excluding hydrogens is 250 g/mol. The number of nitrogens with zero attached hydrogens (tertiary/aromatic N) is 4. The maximum Gasteiger partial charge on any atom is 0.271 e. The quantitative estimate of drug-likeness (QED) is 0.482. The van der Waals surface area contributed by atoms with Gasteiger partial charge in [-0.3, -0.25) is 4.79 Å². The number of amides is 1. The molecule has 0 aliphatic rings. The van der Waals surface area contributed by atoms with Gasteiger partial charge >= 0.3 is 0 Å². The predicted octanol–water partition coefficient (Wildman–Crippen LogP) is -0.574. The van der Waals surface area contributed by atoms with E-state index in [0.717, 1.165) is 0 Å². The van der Waals surface area contributed by atoms with Gasteiger partial charge in [-0.05, 0) is 6.92 Å². The third-order valence-corrected chi connectivity index (χ3v) is 2.23. The molecule has 0 aliphatic carbocycles. The van der Waals surface area contributed by atoms with Gasteiger partial charge in [-0.2, -0.15) is 4.98 Å². The first kappa shape index (κ1) is 12.9. The van der Waals surface area contributed by atoms with Gasteiger partial charge in [-0.15, -0.1) is 0 Å². The summed E-state index contributed by atoms with van der Waals surface area (Å²) in [4.78, 5) is 23.5. The molecule has 100 valence electrons. The van der Waals surface area contributed by atoms with Gasteiger partial charge in [0.2, 0.25) is 5.89 Å². The van der Waals surface area contributed by atoms with E-state index >= 15 is 0 Å². The Hall–Kier alpha value is -2.55. The molecule has 1 amide bonds. The fourth-order valence-corrected chi connectivity index (χ4v) is 1.33. The number of carbonyl (C=O) groups excluding carboxylic acids is 1. The fraction of sp³-hybridized carbons (Fsp3) is 0.300. The number of aromatic nitrogens is 4. The normalized spacial score (nSPS) is 10.2. The van der Waals surface area contributed by atoms with Crippen LogP contribution in [0.5, 0.6) is 0 Å². The lowest BCUT2D eigenvalue weighted by Crippen LogP contribution is -2.27. The number of carbonyl (C=O) groups is 1. The number of hydrazine groups is 1. The molecule has 0 aliphatic heterocycles. The van der Waals surface area contributed by atoms with Gasteiger partial charge in [-0.1, -0.05) is 5.16 Å². The molecule has 0 unspecified atom stereocenters. The van der Waals surface area contributed by atoms with Gasteiger partial charge in [0.05, 0.1) is 12.4 Å². The summed E-state index contributed by atoms with van der Waals surface area (Å²) in [6, 6.07) is 0. The summed E-state index contributed by atoms with van der Waals surface area (Å²) < 4.78 is 4.92. The molecule has 0 aromatic carbocycles. The van der Waals surface area contributed by atoms with Crippen LogP contribution in [-0.4, -0.2) is 32.6 Å². The van der Waals surface area contributed by atoms with E-state index in [9.17, 15) is 4.79 Å². The van der Waals surface area contributed by atoms with Crippen molar-refractivity contribution in [2.75, 3.05) is 12.0 Å². The Kier molecular flexibility index (Phi) is 3.98. The maximum absolute atomic E-state index is 11.7. The van der Waals surface area contributed by atoms with Crippen LogP contribution in [0.15, 0.2) is 16.9 Å². The van der Waals surface area contributed by atoms with Crippen molar-refractivity contribution < 1.29 is 9.32 Å². The summed E-state index contributed by atoms with van der Waals surface area (Å²) in [5, 5.41) is 6.32. The number of hydrogen-bond acceptors (Lipinski definition) is 8. The molecule has 19 heavy (non-hydrogen) atoms. The number of nitrogen functional groups attached to an aromatic ring is 1. The van der Waals surface area contributed by atoms with E-state index in [4.69, 9.17) is 10.4 Å². The zero-order chi connectivity index (χ0) is 13.7. The second-order valence-corrected chi connectivity index (χ2v) is 3.67. The number of nitrogens with one attached hydrogen (secondary N) is 2. The third kappa shape index (κ3) is 3.45. The van der Waals surface area contributed by atoms with Gasteiger partial charge in [0.25, 0.3) is 5.91 Å². The number of anilines is 1. The van der Waals surface area contributed by atoms with Crippen LogP contribution < -0.4 is 16.6 Å². The molecular formula is C10H13N7O2. The molecule has 9 heteroatoms. The SMILES string of the molecule is Cc1noc(CCNC(=O)c2cnc(NN)cn2)n1. The third-order valence-electron chi connectivity index (χ3n) is 2.23. The van der Waals surface area contributed by atoms with Gasteiger partial charge in [0, 0.05) is 13.0 Å². The molecule has 4 N–H and O–H groups in total. The molecule has 0 radical (unpaired) electrons. The van der Waals surface area contributed by atoms with Crippen LogP contribution in [-0.2, 0) is 6.42 Å². The highest BCUT2D eigenvalue weighted by atomic mass is 16.5. The highest BCUT2D eigenvalue weighted by Gasteiger charge is 2.08. The van der Waals surface area contributed by atoms with Crippen molar-refractivity contribution in [2.45, 2.75) is 13.3 Å². The summed E-state index contributed by atoms with van der Waals surface area (Å²) in [5.41, 5.74) is 2.54. The van der Waals surface area contributed by atoms with Gasteiger partial charge in [0.15, 0.2) is 11.6 Å². The molecule has 0 saturated heterocycles. The molecule has 2 aromatic heterocycles. The minimum atomic E-state index is -0.327. The molecule has 2 heterocycles. The summed E-state index contributed by atoms with van der Waals surface area (Å²) in [6.45, 7) is 2.10. The number of aryl methyl sites for hydroxylation is 1. The van der Waals surface area contributed by atoms with E-state index in [-0.39, 0.29) is 11.6 Å². The predicted molar refractivity (Wildman–Crippen MR) is 64.9 cm³/mol. The largest absolute Gasteiger partial charge is 0.350 e. The van der Waals surface area contributed by atoms with Crippen LogP contribution in [0.3, 0.4) is 0 Å². The van der Waals surface area contributed by atoms with E-state index in [1.54, 1.807) is 6.92 Å². The van der Waals surface area contributed by atoms with E-state index in [2.05, 4.69) is 30.9 Å².